The van der Waals surface area contributed by atoms with Gasteiger partial charge in [-0.15, -0.1) is 0 Å². The third-order valence-electron chi connectivity index (χ3n) is 2.73. The minimum atomic E-state index is -0.256. The Kier molecular flexibility index (Phi) is 6.21. The number of nitriles is 1. The summed E-state index contributed by atoms with van der Waals surface area (Å²) in [6.45, 7) is 5.92. The largest absolute Gasteiger partial charge is 0.336 e. The number of carbonyl (C=O) groups excluding carboxylic acids is 2. The molecule has 1 aromatic rings. The lowest BCUT2D eigenvalue weighted by Gasteiger charge is -2.21. The summed E-state index contributed by atoms with van der Waals surface area (Å²) in [5.41, 5.74) is 1.24. The van der Waals surface area contributed by atoms with Crippen LogP contribution in [-0.2, 0) is 4.79 Å². The van der Waals surface area contributed by atoms with E-state index in [-0.39, 0.29) is 18.0 Å². The molecule has 1 aromatic carbocycles. The van der Waals surface area contributed by atoms with Gasteiger partial charge >= 0.3 is 6.03 Å². The standard InChI is InChI=1S/C15H20N4O2/c1-11(2)18-15(21)17-8-9-19(12(3)20)14-6-4-13(10-16)5-7-14/h4-7,11H,8-9H2,1-3H3,(H2,17,18,21). The van der Waals surface area contributed by atoms with Crippen LogP contribution in [0.15, 0.2) is 24.3 Å². The van der Waals surface area contributed by atoms with Crippen molar-refractivity contribution in [3.63, 3.8) is 0 Å². The van der Waals surface area contributed by atoms with Crippen LogP contribution in [0.25, 0.3) is 0 Å². The van der Waals surface area contributed by atoms with Crippen molar-refractivity contribution in [2.45, 2.75) is 26.8 Å². The summed E-state index contributed by atoms with van der Waals surface area (Å²) in [7, 11) is 0. The predicted molar refractivity (Wildman–Crippen MR) is 80.9 cm³/mol. The fraction of sp³-hybridized carbons (Fsp3) is 0.400. The molecule has 112 valence electrons. The van der Waals surface area contributed by atoms with E-state index in [9.17, 15) is 9.59 Å². The van der Waals surface area contributed by atoms with Crippen molar-refractivity contribution < 1.29 is 9.59 Å². The number of nitrogens with zero attached hydrogens (tertiary/aromatic N) is 2. The van der Waals surface area contributed by atoms with Crippen molar-refractivity contribution in [1.82, 2.24) is 10.6 Å². The Morgan fingerprint density at radius 2 is 1.90 bits per heavy atom. The minimum Gasteiger partial charge on any atom is -0.336 e. The molecule has 0 aliphatic heterocycles. The average molecular weight is 288 g/mol. The maximum atomic E-state index is 11.7. The molecule has 0 heterocycles. The predicted octanol–water partition coefficient (Wildman–Crippen LogP) is 1.62. The molecule has 0 saturated heterocycles. The summed E-state index contributed by atoms with van der Waals surface area (Å²) < 4.78 is 0. The summed E-state index contributed by atoms with van der Waals surface area (Å²) in [4.78, 5) is 24.7. The van der Waals surface area contributed by atoms with Crippen LogP contribution in [0.3, 0.4) is 0 Å². The molecule has 21 heavy (non-hydrogen) atoms. The average Bonchev–Trinajstić information content (AvgIpc) is 2.42. The number of rotatable bonds is 5. The SMILES string of the molecule is CC(=O)N(CCNC(=O)NC(C)C)c1ccc(C#N)cc1. The molecular weight excluding hydrogens is 268 g/mol. The molecule has 1 rings (SSSR count). The van der Waals surface area contributed by atoms with Gasteiger partial charge in [0.05, 0.1) is 11.6 Å². The molecule has 6 heteroatoms. The molecule has 3 amide bonds. The molecule has 0 unspecified atom stereocenters. The van der Waals surface area contributed by atoms with Gasteiger partial charge in [0.2, 0.25) is 5.91 Å². The summed E-state index contributed by atoms with van der Waals surface area (Å²) in [5, 5.41) is 14.2. The molecule has 0 aliphatic rings. The first-order valence-electron chi connectivity index (χ1n) is 6.76. The molecule has 0 atom stereocenters. The molecular formula is C15H20N4O2. The molecule has 0 radical (unpaired) electrons. The van der Waals surface area contributed by atoms with Gasteiger partial charge in [-0.05, 0) is 38.1 Å². The monoisotopic (exact) mass is 288 g/mol. The Bertz CT molecular complexity index is 532. The van der Waals surface area contributed by atoms with Crippen LogP contribution in [0.2, 0.25) is 0 Å². The zero-order valence-corrected chi connectivity index (χ0v) is 12.5. The van der Waals surface area contributed by atoms with Gasteiger partial charge < -0.3 is 15.5 Å². The van der Waals surface area contributed by atoms with E-state index in [2.05, 4.69) is 10.6 Å². The number of hydrogen-bond acceptors (Lipinski definition) is 3. The quantitative estimate of drug-likeness (QED) is 0.863. The highest BCUT2D eigenvalue weighted by Crippen LogP contribution is 2.14. The van der Waals surface area contributed by atoms with E-state index < -0.39 is 0 Å². The Balaban J connectivity index is 2.60. The summed E-state index contributed by atoms with van der Waals surface area (Å²) in [5.74, 6) is -0.120. The number of urea groups is 1. The Morgan fingerprint density at radius 3 is 2.38 bits per heavy atom. The van der Waals surface area contributed by atoms with Crippen molar-refractivity contribution in [3.8, 4) is 6.07 Å². The summed E-state index contributed by atoms with van der Waals surface area (Å²) in [6, 6.07) is 8.58. The molecule has 2 N–H and O–H groups in total. The Labute approximate surface area is 124 Å². The van der Waals surface area contributed by atoms with Crippen LogP contribution in [-0.4, -0.2) is 31.1 Å². The zero-order chi connectivity index (χ0) is 15.8. The summed E-state index contributed by atoms with van der Waals surface area (Å²) >= 11 is 0. The van der Waals surface area contributed by atoms with E-state index >= 15 is 0 Å². The normalized spacial score (nSPS) is 9.86. The van der Waals surface area contributed by atoms with Gasteiger partial charge in [-0.3, -0.25) is 4.79 Å². The number of nitrogens with one attached hydrogen (secondary N) is 2. The molecule has 0 aromatic heterocycles. The molecule has 0 saturated carbocycles. The number of anilines is 1. The minimum absolute atomic E-state index is 0.0624. The number of carbonyl (C=O) groups is 2. The molecule has 0 bridgehead atoms. The van der Waals surface area contributed by atoms with Crippen molar-refractivity contribution in [3.05, 3.63) is 29.8 Å². The third-order valence-corrected chi connectivity index (χ3v) is 2.73. The van der Waals surface area contributed by atoms with E-state index in [1.54, 1.807) is 29.2 Å². The smallest absolute Gasteiger partial charge is 0.315 e. The maximum Gasteiger partial charge on any atom is 0.315 e. The molecule has 0 spiro atoms. The first kappa shape index (κ1) is 16.5. The van der Waals surface area contributed by atoms with E-state index in [1.807, 2.05) is 19.9 Å². The lowest BCUT2D eigenvalue weighted by Crippen LogP contribution is -2.43. The number of amides is 3. The topological polar surface area (TPSA) is 85.2 Å². The lowest BCUT2D eigenvalue weighted by atomic mass is 10.2. The Morgan fingerprint density at radius 1 is 1.29 bits per heavy atom. The van der Waals surface area contributed by atoms with E-state index in [4.69, 9.17) is 5.26 Å². The molecule has 0 aliphatic carbocycles. The van der Waals surface area contributed by atoms with Crippen molar-refractivity contribution in [2.24, 2.45) is 0 Å². The molecule has 6 nitrogen and oxygen atoms in total. The van der Waals surface area contributed by atoms with Gasteiger partial charge in [-0.1, -0.05) is 0 Å². The number of benzene rings is 1. The second-order valence-electron chi connectivity index (χ2n) is 4.88. The summed E-state index contributed by atoms with van der Waals surface area (Å²) in [6.07, 6.45) is 0. The van der Waals surface area contributed by atoms with Crippen molar-refractivity contribution >= 4 is 17.6 Å². The van der Waals surface area contributed by atoms with Crippen molar-refractivity contribution in [2.75, 3.05) is 18.0 Å². The maximum absolute atomic E-state index is 11.7. The van der Waals surface area contributed by atoms with Gasteiger partial charge in [0.25, 0.3) is 0 Å². The fourth-order valence-electron chi connectivity index (χ4n) is 1.78. The van der Waals surface area contributed by atoms with Gasteiger partial charge in [0.15, 0.2) is 0 Å². The van der Waals surface area contributed by atoms with Crippen LogP contribution in [0.5, 0.6) is 0 Å². The van der Waals surface area contributed by atoms with Gasteiger partial charge in [-0.25, -0.2) is 4.79 Å². The third kappa shape index (κ3) is 5.53. The zero-order valence-electron chi connectivity index (χ0n) is 12.5. The van der Waals surface area contributed by atoms with Crippen LogP contribution in [0.4, 0.5) is 10.5 Å². The number of hydrogen-bond donors (Lipinski definition) is 2. The second-order valence-corrected chi connectivity index (χ2v) is 4.88. The van der Waals surface area contributed by atoms with Crippen molar-refractivity contribution in [1.29, 1.82) is 5.26 Å². The van der Waals surface area contributed by atoms with Gasteiger partial charge in [0.1, 0.15) is 0 Å². The van der Waals surface area contributed by atoms with Crippen LogP contribution in [0.1, 0.15) is 26.3 Å². The Hall–Kier alpha value is -2.55. The first-order valence-corrected chi connectivity index (χ1v) is 6.76. The van der Waals surface area contributed by atoms with E-state index in [1.165, 1.54) is 6.92 Å². The molecule has 0 fully saturated rings. The van der Waals surface area contributed by atoms with Gasteiger partial charge in [-0.2, -0.15) is 5.26 Å². The fourth-order valence-corrected chi connectivity index (χ4v) is 1.78. The van der Waals surface area contributed by atoms with E-state index in [0.717, 1.165) is 0 Å². The first-order chi connectivity index (χ1) is 9.93. The van der Waals surface area contributed by atoms with Gasteiger partial charge in [0, 0.05) is 31.7 Å². The lowest BCUT2D eigenvalue weighted by molar-refractivity contribution is -0.116. The van der Waals surface area contributed by atoms with Crippen LogP contribution < -0.4 is 15.5 Å². The van der Waals surface area contributed by atoms with Crippen LogP contribution >= 0.6 is 0 Å². The second kappa shape index (κ2) is 7.90. The highest BCUT2D eigenvalue weighted by Gasteiger charge is 2.11. The van der Waals surface area contributed by atoms with Crippen LogP contribution in [0, 0.1) is 11.3 Å². The van der Waals surface area contributed by atoms with E-state index in [0.29, 0.717) is 24.3 Å². The highest BCUT2D eigenvalue weighted by atomic mass is 16.2. The highest BCUT2D eigenvalue weighted by molar-refractivity contribution is 5.91.